The Morgan fingerprint density at radius 2 is 1.80 bits per heavy atom. The number of hydrogen-bond acceptors (Lipinski definition) is 5. The molecule has 0 aromatic heterocycles. The highest BCUT2D eigenvalue weighted by molar-refractivity contribution is 5.81. The van der Waals surface area contributed by atoms with Crippen molar-refractivity contribution in [1.29, 1.82) is 0 Å². The minimum atomic E-state index is -4.64. The highest BCUT2D eigenvalue weighted by Gasteiger charge is 2.35. The minimum absolute atomic E-state index is 0.0177. The maximum absolute atomic E-state index is 12.9. The van der Waals surface area contributed by atoms with Crippen LogP contribution in [-0.2, 0) is 11.0 Å². The third-order valence-corrected chi connectivity index (χ3v) is 6.03. The van der Waals surface area contributed by atoms with Gasteiger partial charge in [-0.1, -0.05) is 19.3 Å². The first-order chi connectivity index (χ1) is 14.2. The van der Waals surface area contributed by atoms with Gasteiger partial charge in [0, 0.05) is 38.3 Å². The smallest absolute Gasteiger partial charge is 0.363 e. The van der Waals surface area contributed by atoms with Crippen molar-refractivity contribution in [3.8, 4) is 0 Å². The van der Waals surface area contributed by atoms with E-state index in [0.29, 0.717) is 32.2 Å². The van der Waals surface area contributed by atoms with Gasteiger partial charge in [-0.05, 0) is 31.9 Å². The van der Waals surface area contributed by atoms with Gasteiger partial charge in [0.05, 0.1) is 16.5 Å². The van der Waals surface area contributed by atoms with Crippen LogP contribution in [0.1, 0.15) is 44.6 Å². The molecule has 1 N–H and O–H groups in total. The zero-order chi connectivity index (χ0) is 21.9. The van der Waals surface area contributed by atoms with E-state index < -0.39 is 22.4 Å². The fourth-order valence-corrected chi connectivity index (χ4v) is 4.20. The molecule has 1 aromatic carbocycles. The Morgan fingerprint density at radius 3 is 2.37 bits per heavy atom. The summed E-state index contributed by atoms with van der Waals surface area (Å²) in [5.41, 5.74) is -1.42. The number of carbonyl (C=O) groups excluding carboxylic acids is 1. The van der Waals surface area contributed by atoms with Gasteiger partial charge in [0.1, 0.15) is 5.69 Å². The third kappa shape index (κ3) is 5.21. The van der Waals surface area contributed by atoms with Crippen molar-refractivity contribution in [1.82, 2.24) is 10.2 Å². The van der Waals surface area contributed by atoms with Gasteiger partial charge >= 0.3 is 6.18 Å². The molecule has 2 aliphatic rings. The van der Waals surface area contributed by atoms with Gasteiger partial charge < -0.3 is 10.2 Å². The van der Waals surface area contributed by atoms with Gasteiger partial charge in [0.25, 0.3) is 5.69 Å². The second kappa shape index (κ2) is 9.20. The normalized spacial score (nSPS) is 20.1. The van der Waals surface area contributed by atoms with E-state index in [1.807, 2.05) is 11.8 Å². The first-order valence-corrected chi connectivity index (χ1v) is 10.3. The van der Waals surface area contributed by atoms with Gasteiger partial charge in [-0.15, -0.1) is 0 Å². The first kappa shape index (κ1) is 22.3. The Kier molecular flexibility index (Phi) is 6.84. The van der Waals surface area contributed by atoms with E-state index in [2.05, 4.69) is 5.32 Å². The predicted molar refractivity (Wildman–Crippen MR) is 106 cm³/mol. The Balaban J connectivity index is 1.62. The Hall–Kier alpha value is -2.36. The minimum Gasteiger partial charge on any atom is -0.363 e. The number of rotatable bonds is 5. The second-order valence-corrected chi connectivity index (χ2v) is 8.00. The summed E-state index contributed by atoms with van der Waals surface area (Å²) < 4.78 is 38.7. The lowest BCUT2D eigenvalue weighted by molar-refractivity contribution is -0.384. The average molecular weight is 428 g/mol. The maximum Gasteiger partial charge on any atom is 0.416 e. The number of anilines is 1. The van der Waals surface area contributed by atoms with Crippen molar-refractivity contribution in [3.05, 3.63) is 33.9 Å². The molecule has 10 heteroatoms. The van der Waals surface area contributed by atoms with E-state index in [0.717, 1.165) is 37.8 Å². The molecule has 0 bridgehead atoms. The molecule has 0 radical (unpaired) electrons. The van der Waals surface area contributed by atoms with Crippen LogP contribution in [0.15, 0.2) is 18.2 Å². The number of piperazine rings is 1. The molecule has 1 aliphatic heterocycles. The molecule has 2 fully saturated rings. The molecule has 1 saturated carbocycles. The lowest BCUT2D eigenvalue weighted by Crippen LogP contribution is -2.55. The summed E-state index contributed by atoms with van der Waals surface area (Å²) in [7, 11) is 0. The van der Waals surface area contributed by atoms with Crippen molar-refractivity contribution in [2.24, 2.45) is 0 Å². The van der Waals surface area contributed by atoms with Crippen LogP contribution >= 0.6 is 0 Å². The molecule has 1 heterocycles. The molecule has 1 atom stereocenters. The summed E-state index contributed by atoms with van der Waals surface area (Å²) in [4.78, 5) is 26.9. The van der Waals surface area contributed by atoms with Crippen LogP contribution in [0.3, 0.4) is 0 Å². The number of benzene rings is 1. The number of carbonyl (C=O) groups is 1. The van der Waals surface area contributed by atoms with Gasteiger partial charge in [-0.2, -0.15) is 13.2 Å². The fraction of sp³-hybridized carbons (Fsp3) is 0.650. The van der Waals surface area contributed by atoms with Crippen LogP contribution in [0.5, 0.6) is 0 Å². The van der Waals surface area contributed by atoms with Crippen LogP contribution in [0.25, 0.3) is 0 Å². The number of nitro benzene ring substituents is 1. The number of nitrogens with zero attached hydrogens (tertiary/aromatic N) is 3. The SMILES string of the molecule is CC(C(=O)NC1CCCCC1)N1CCN(c2ccc(C(F)(F)F)cc2[N+](=O)[O-])CC1. The molecule has 1 saturated heterocycles. The van der Waals surface area contributed by atoms with Gasteiger partial charge in [0.15, 0.2) is 0 Å². The van der Waals surface area contributed by atoms with E-state index in [9.17, 15) is 28.1 Å². The predicted octanol–water partition coefficient (Wildman–Crippen LogP) is 3.57. The second-order valence-electron chi connectivity index (χ2n) is 8.00. The number of alkyl halides is 3. The van der Waals surface area contributed by atoms with E-state index in [-0.39, 0.29) is 23.7 Å². The van der Waals surface area contributed by atoms with Crippen molar-refractivity contribution in [3.63, 3.8) is 0 Å². The highest BCUT2D eigenvalue weighted by Crippen LogP contribution is 2.36. The summed E-state index contributed by atoms with van der Waals surface area (Å²) in [5.74, 6) is -0.0177. The summed E-state index contributed by atoms with van der Waals surface area (Å²) in [6.07, 6.45) is 0.838. The number of nitrogens with one attached hydrogen (secondary N) is 1. The molecule has 7 nitrogen and oxygen atoms in total. The maximum atomic E-state index is 12.9. The zero-order valence-corrected chi connectivity index (χ0v) is 17.0. The molecular formula is C20H27F3N4O3. The molecule has 1 aromatic rings. The molecule has 1 unspecified atom stereocenters. The first-order valence-electron chi connectivity index (χ1n) is 10.3. The lowest BCUT2D eigenvalue weighted by Gasteiger charge is -2.38. The van der Waals surface area contributed by atoms with Gasteiger partial charge in [-0.3, -0.25) is 19.8 Å². The molecule has 1 amide bonds. The summed E-state index contributed by atoms with van der Waals surface area (Å²) in [5, 5.41) is 14.5. The number of halogens is 3. The molecule has 1 aliphatic carbocycles. The van der Waals surface area contributed by atoms with Gasteiger partial charge in [0.2, 0.25) is 5.91 Å². The standard InChI is InChI=1S/C20H27F3N4O3/c1-14(19(28)24-16-5-3-2-4-6-16)25-9-11-26(12-10-25)17-8-7-15(20(21,22)23)13-18(17)27(29)30/h7-8,13-14,16H,2-6,9-12H2,1H3,(H,24,28). The van der Waals surface area contributed by atoms with E-state index in [1.165, 1.54) is 6.42 Å². The fourth-order valence-electron chi connectivity index (χ4n) is 4.20. The molecule has 0 spiro atoms. The monoisotopic (exact) mass is 428 g/mol. The molecular weight excluding hydrogens is 401 g/mol. The average Bonchev–Trinajstić information content (AvgIpc) is 2.73. The Morgan fingerprint density at radius 1 is 1.17 bits per heavy atom. The van der Waals surface area contributed by atoms with Crippen molar-refractivity contribution in [2.45, 2.75) is 57.3 Å². The Labute approximate surface area is 173 Å². The lowest BCUT2D eigenvalue weighted by atomic mass is 9.95. The van der Waals surface area contributed by atoms with E-state index >= 15 is 0 Å². The van der Waals surface area contributed by atoms with E-state index in [1.54, 1.807) is 4.90 Å². The van der Waals surface area contributed by atoms with Crippen molar-refractivity contribution >= 4 is 17.3 Å². The Bertz CT molecular complexity index is 773. The number of hydrogen-bond donors (Lipinski definition) is 1. The van der Waals surface area contributed by atoms with Crippen molar-refractivity contribution < 1.29 is 22.9 Å². The summed E-state index contributed by atoms with van der Waals surface area (Å²) in [6.45, 7) is 3.63. The molecule has 166 valence electrons. The van der Waals surface area contributed by atoms with Crippen molar-refractivity contribution in [2.75, 3.05) is 31.1 Å². The van der Waals surface area contributed by atoms with Crippen LogP contribution in [0.2, 0.25) is 0 Å². The quantitative estimate of drug-likeness (QED) is 0.573. The van der Waals surface area contributed by atoms with Crippen LogP contribution in [-0.4, -0.2) is 54.0 Å². The summed E-state index contributed by atoms with van der Waals surface area (Å²) >= 11 is 0. The molecule has 3 rings (SSSR count). The van der Waals surface area contributed by atoms with Gasteiger partial charge in [-0.25, -0.2) is 0 Å². The zero-order valence-electron chi connectivity index (χ0n) is 17.0. The highest BCUT2D eigenvalue weighted by atomic mass is 19.4. The largest absolute Gasteiger partial charge is 0.416 e. The molecule has 30 heavy (non-hydrogen) atoms. The van der Waals surface area contributed by atoms with Crippen LogP contribution in [0.4, 0.5) is 24.5 Å². The topological polar surface area (TPSA) is 78.7 Å². The summed E-state index contributed by atoms with van der Waals surface area (Å²) in [6, 6.07) is 2.52. The van der Waals surface area contributed by atoms with E-state index in [4.69, 9.17) is 0 Å². The number of nitro groups is 1. The van der Waals surface area contributed by atoms with Crippen LogP contribution in [0, 0.1) is 10.1 Å². The van der Waals surface area contributed by atoms with Crippen LogP contribution < -0.4 is 10.2 Å². The third-order valence-electron chi connectivity index (χ3n) is 6.03. The number of amides is 1.